The lowest BCUT2D eigenvalue weighted by Crippen LogP contribution is -2.41. The van der Waals surface area contributed by atoms with Gasteiger partial charge in [-0.3, -0.25) is 19.7 Å². The molecule has 0 aliphatic heterocycles. The second-order valence-electron chi connectivity index (χ2n) is 5.22. The van der Waals surface area contributed by atoms with Crippen molar-refractivity contribution in [3.05, 3.63) is 64.2 Å². The molecular formula is C17H17N3O4S. The van der Waals surface area contributed by atoms with Gasteiger partial charge in [0.2, 0.25) is 5.91 Å². The highest BCUT2D eigenvalue weighted by atomic mass is 32.2. The normalized spacial score (nSPS) is 11.4. The van der Waals surface area contributed by atoms with E-state index in [9.17, 15) is 19.7 Å². The Balaban J connectivity index is 1.98. The highest BCUT2D eigenvalue weighted by molar-refractivity contribution is 7.98. The van der Waals surface area contributed by atoms with Gasteiger partial charge in [0.05, 0.1) is 4.92 Å². The first-order valence-electron chi connectivity index (χ1n) is 7.41. The molecule has 0 aliphatic carbocycles. The molecule has 7 nitrogen and oxygen atoms in total. The number of benzene rings is 2. The third-order valence-corrected chi connectivity index (χ3v) is 4.16. The van der Waals surface area contributed by atoms with E-state index in [0.29, 0.717) is 5.69 Å². The Hall–Kier alpha value is -2.87. The van der Waals surface area contributed by atoms with Crippen LogP contribution in [-0.4, -0.2) is 29.0 Å². The van der Waals surface area contributed by atoms with E-state index >= 15 is 0 Å². The summed E-state index contributed by atoms with van der Waals surface area (Å²) in [4.78, 5) is 35.6. The summed E-state index contributed by atoms with van der Waals surface area (Å²) in [7, 11) is 0. The Kier molecular flexibility index (Phi) is 6.13. The number of thioether (sulfide) groups is 1. The molecule has 2 rings (SSSR count). The standard InChI is InChI=1S/C17H17N3O4S/c1-11(16(21)19-13-6-8-15(25-2)9-7-13)18-17(22)12-4-3-5-14(10-12)20(23)24/h3-11H,1-2H3,(H,18,22)(H,19,21)/t11-/m0/s1. The van der Waals surface area contributed by atoms with Crippen LogP contribution in [0.2, 0.25) is 0 Å². The Morgan fingerprint density at radius 2 is 1.84 bits per heavy atom. The number of nitro groups is 1. The molecule has 2 aromatic carbocycles. The van der Waals surface area contributed by atoms with E-state index in [2.05, 4.69) is 10.6 Å². The largest absolute Gasteiger partial charge is 0.341 e. The van der Waals surface area contributed by atoms with Crippen molar-refractivity contribution >= 4 is 35.0 Å². The predicted molar refractivity (Wildman–Crippen MR) is 96.9 cm³/mol. The second-order valence-corrected chi connectivity index (χ2v) is 6.10. The van der Waals surface area contributed by atoms with Gasteiger partial charge in [-0.15, -0.1) is 11.8 Å². The maximum atomic E-state index is 12.2. The Bertz CT molecular complexity index is 793. The number of carbonyl (C=O) groups excluding carboxylic acids is 2. The van der Waals surface area contributed by atoms with Crippen LogP contribution in [0.3, 0.4) is 0 Å². The van der Waals surface area contributed by atoms with E-state index in [0.717, 1.165) is 4.90 Å². The van der Waals surface area contributed by atoms with E-state index in [1.165, 1.54) is 24.3 Å². The van der Waals surface area contributed by atoms with Crippen molar-refractivity contribution < 1.29 is 14.5 Å². The number of non-ortho nitro benzene ring substituents is 1. The predicted octanol–water partition coefficient (Wildman–Crippen LogP) is 3.07. The lowest BCUT2D eigenvalue weighted by molar-refractivity contribution is -0.384. The average molecular weight is 359 g/mol. The minimum absolute atomic E-state index is 0.123. The van der Waals surface area contributed by atoms with Crippen molar-refractivity contribution in [3.8, 4) is 0 Å². The van der Waals surface area contributed by atoms with Gasteiger partial charge in [-0.05, 0) is 43.5 Å². The van der Waals surface area contributed by atoms with Crippen LogP contribution in [-0.2, 0) is 4.79 Å². The molecule has 0 saturated heterocycles. The molecule has 2 amide bonds. The Morgan fingerprint density at radius 1 is 1.16 bits per heavy atom. The first kappa shape index (κ1) is 18.5. The first-order chi connectivity index (χ1) is 11.9. The summed E-state index contributed by atoms with van der Waals surface area (Å²) in [6.07, 6.45) is 1.96. The minimum atomic E-state index is -0.799. The molecule has 2 aromatic rings. The number of amides is 2. The number of nitrogens with zero attached hydrogens (tertiary/aromatic N) is 1. The van der Waals surface area contributed by atoms with Gasteiger partial charge < -0.3 is 10.6 Å². The SMILES string of the molecule is CSc1ccc(NC(=O)[C@H](C)NC(=O)c2cccc([N+](=O)[O-])c2)cc1. The van der Waals surface area contributed by atoms with E-state index in [1.807, 2.05) is 18.4 Å². The number of hydrogen-bond donors (Lipinski definition) is 2. The first-order valence-corrected chi connectivity index (χ1v) is 8.63. The molecule has 0 spiro atoms. The van der Waals surface area contributed by atoms with Crippen LogP contribution in [0.1, 0.15) is 17.3 Å². The molecule has 0 radical (unpaired) electrons. The van der Waals surface area contributed by atoms with Crippen LogP contribution in [0.15, 0.2) is 53.4 Å². The zero-order valence-corrected chi connectivity index (χ0v) is 14.5. The number of hydrogen-bond acceptors (Lipinski definition) is 5. The summed E-state index contributed by atoms with van der Waals surface area (Å²) in [5.74, 6) is -0.931. The number of nitrogens with one attached hydrogen (secondary N) is 2. The number of anilines is 1. The summed E-state index contributed by atoms with van der Waals surface area (Å²) < 4.78 is 0. The molecule has 0 unspecified atom stereocenters. The van der Waals surface area contributed by atoms with Gasteiger partial charge in [0.1, 0.15) is 6.04 Å². The Labute approximate surface area is 149 Å². The molecule has 0 heterocycles. The van der Waals surface area contributed by atoms with Crippen LogP contribution in [0.5, 0.6) is 0 Å². The van der Waals surface area contributed by atoms with Crippen LogP contribution in [0.25, 0.3) is 0 Å². The lowest BCUT2D eigenvalue weighted by atomic mass is 10.1. The van der Waals surface area contributed by atoms with Crippen LogP contribution < -0.4 is 10.6 Å². The lowest BCUT2D eigenvalue weighted by Gasteiger charge is -2.14. The molecule has 0 bridgehead atoms. The van der Waals surface area contributed by atoms with Crippen molar-refractivity contribution in [1.29, 1.82) is 0 Å². The maximum Gasteiger partial charge on any atom is 0.270 e. The molecular weight excluding hydrogens is 342 g/mol. The van der Waals surface area contributed by atoms with Crippen molar-refractivity contribution in [2.24, 2.45) is 0 Å². The summed E-state index contributed by atoms with van der Waals surface area (Å²) in [6.45, 7) is 1.54. The van der Waals surface area contributed by atoms with Crippen LogP contribution in [0.4, 0.5) is 11.4 Å². The van der Waals surface area contributed by atoms with Crippen molar-refractivity contribution in [2.75, 3.05) is 11.6 Å². The zero-order chi connectivity index (χ0) is 18.4. The van der Waals surface area contributed by atoms with Gasteiger partial charge in [-0.25, -0.2) is 0 Å². The van der Waals surface area contributed by atoms with Crippen LogP contribution >= 0.6 is 11.8 Å². The monoisotopic (exact) mass is 359 g/mol. The second kappa shape index (κ2) is 8.29. The maximum absolute atomic E-state index is 12.2. The van der Waals surface area contributed by atoms with E-state index in [4.69, 9.17) is 0 Å². The van der Waals surface area contributed by atoms with Crippen molar-refractivity contribution in [1.82, 2.24) is 5.32 Å². The number of rotatable bonds is 6. The highest BCUT2D eigenvalue weighted by Gasteiger charge is 2.18. The third-order valence-electron chi connectivity index (χ3n) is 3.42. The molecule has 0 aromatic heterocycles. The topological polar surface area (TPSA) is 101 Å². The summed E-state index contributed by atoms with van der Waals surface area (Å²) in [6, 6.07) is 11.9. The van der Waals surface area contributed by atoms with Crippen LogP contribution in [0, 0.1) is 10.1 Å². The molecule has 130 valence electrons. The molecule has 8 heteroatoms. The fourth-order valence-corrected chi connectivity index (χ4v) is 2.44. The molecule has 0 aliphatic rings. The van der Waals surface area contributed by atoms with E-state index < -0.39 is 16.9 Å². The Morgan fingerprint density at radius 3 is 2.44 bits per heavy atom. The smallest absolute Gasteiger partial charge is 0.270 e. The van der Waals surface area contributed by atoms with Crippen molar-refractivity contribution in [2.45, 2.75) is 17.9 Å². The number of nitro benzene ring substituents is 1. The minimum Gasteiger partial charge on any atom is -0.341 e. The number of carbonyl (C=O) groups is 2. The molecule has 0 saturated carbocycles. The average Bonchev–Trinajstić information content (AvgIpc) is 2.62. The van der Waals surface area contributed by atoms with Gasteiger partial charge in [0, 0.05) is 28.3 Å². The van der Waals surface area contributed by atoms with Gasteiger partial charge in [-0.1, -0.05) is 6.07 Å². The summed E-state index contributed by atoms with van der Waals surface area (Å²) in [5, 5.41) is 16.0. The quantitative estimate of drug-likeness (QED) is 0.469. The van der Waals surface area contributed by atoms with Gasteiger partial charge in [0.25, 0.3) is 11.6 Å². The fraction of sp³-hybridized carbons (Fsp3) is 0.176. The van der Waals surface area contributed by atoms with Crippen molar-refractivity contribution in [3.63, 3.8) is 0 Å². The molecule has 0 fully saturated rings. The van der Waals surface area contributed by atoms with Gasteiger partial charge in [-0.2, -0.15) is 0 Å². The molecule has 2 N–H and O–H groups in total. The summed E-state index contributed by atoms with van der Waals surface area (Å²) >= 11 is 1.59. The van der Waals surface area contributed by atoms with E-state index in [-0.39, 0.29) is 17.2 Å². The zero-order valence-electron chi connectivity index (χ0n) is 13.7. The van der Waals surface area contributed by atoms with E-state index in [1.54, 1.807) is 30.8 Å². The highest BCUT2D eigenvalue weighted by Crippen LogP contribution is 2.17. The fourth-order valence-electron chi connectivity index (χ4n) is 2.03. The van der Waals surface area contributed by atoms with Gasteiger partial charge >= 0.3 is 0 Å². The molecule has 25 heavy (non-hydrogen) atoms. The van der Waals surface area contributed by atoms with Gasteiger partial charge in [0.15, 0.2) is 0 Å². The molecule has 1 atom stereocenters. The summed E-state index contributed by atoms with van der Waals surface area (Å²) in [5.41, 5.74) is 0.566. The third kappa shape index (κ3) is 5.05.